The molecular weight excluding hydrogens is 316 g/mol. The first-order chi connectivity index (χ1) is 12.3. The van der Waals surface area contributed by atoms with Crippen LogP contribution in [0.2, 0.25) is 0 Å². The summed E-state index contributed by atoms with van der Waals surface area (Å²) in [6, 6.07) is 18.2. The molecule has 1 fully saturated rings. The maximum Gasteiger partial charge on any atom is 0.177 e. The van der Waals surface area contributed by atoms with Gasteiger partial charge >= 0.3 is 0 Å². The highest BCUT2D eigenvalue weighted by Crippen LogP contribution is 2.31. The van der Waals surface area contributed by atoms with Crippen molar-refractivity contribution in [3.05, 3.63) is 72.1 Å². The second kappa shape index (κ2) is 6.94. The highest BCUT2D eigenvalue weighted by atomic mass is 16.5. The van der Waals surface area contributed by atoms with Gasteiger partial charge in [0.15, 0.2) is 6.23 Å². The number of anilines is 1. The van der Waals surface area contributed by atoms with Gasteiger partial charge in [0, 0.05) is 12.2 Å². The summed E-state index contributed by atoms with van der Waals surface area (Å²) in [6.07, 6.45) is 1.75. The molecule has 0 unspecified atom stereocenters. The molecule has 1 aromatic heterocycles. The summed E-state index contributed by atoms with van der Waals surface area (Å²) in [5.41, 5.74) is 3.10. The Hall–Kier alpha value is -2.86. The number of aromatic nitrogens is 3. The molecule has 128 valence electrons. The summed E-state index contributed by atoms with van der Waals surface area (Å²) < 4.78 is 13.0. The van der Waals surface area contributed by atoms with Gasteiger partial charge in [-0.25, -0.2) is 4.68 Å². The zero-order chi connectivity index (χ0) is 17.1. The molecule has 1 atom stereocenters. The minimum Gasteiger partial charge on any atom is -0.497 e. The molecule has 4 rings (SSSR count). The summed E-state index contributed by atoms with van der Waals surface area (Å²) in [6.45, 7) is 2.19. The van der Waals surface area contributed by atoms with Gasteiger partial charge in [0.1, 0.15) is 11.4 Å². The standard InChI is InChI=1S/C19H20N4O2/c1-24-17-9-7-16(8-10-17)23-11-12-25-19(23)18-14-22(21-20-18)13-15-5-3-2-4-6-15/h2-10,14,19H,11-13H2,1H3/t19-/m0/s1. The van der Waals surface area contributed by atoms with Gasteiger partial charge in [-0.1, -0.05) is 35.5 Å². The number of nitrogens with zero attached hydrogens (tertiary/aromatic N) is 4. The van der Waals surface area contributed by atoms with Crippen LogP contribution >= 0.6 is 0 Å². The lowest BCUT2D eigenvalue weighted by Gasteiger charge is -2.23. The molecule has 6 heteroatoms. The first kappa shape index (κ1) is 15.7. The van der Waals surface area contributed by atoms with E-state index in [9.17, 15) is 0 Å². The van der Waals surface area contributed by atoms with Crippen LogP contribution in [0.1, 0.15) is 17.5 Å². The summed E-state index contributed by atoms with van der Waals surface area (Å²) in [5, 5.41) is 8.58. The number of benzene rings is 2. The van der Waals surface area contributed by atoms with E-state index in [2.05, 4.69) is 27.3 Å². The van der Waals surface area contributed by atoms with Crippen molar-refractivity contribution in [2.24, 2.45) is 0 Å². The quantitative estimate of drug-likeness (QED) is 0.717. The van der Waals surface area contributed by atoms with Gasteiger partial charge < -0.3 is 14.4 Å². The molecule has 3 aromatic rings. The molecule has 0 bridgehead atoms. The van der Waals surface area contributed by atoms with E-state index in [0.29, 0.717) is 13.2 Å². The molecule has 1 aliphatic heterocycles. The maximum atomic E-state index is 5.90. The molecule has 6 nitrogen and oxygen atoms in total. The van der Waals surface area contributed by atoms with E-state index in [-0.39, 0.29) is 6.23 Å². The van der Waals surface area contributed by atoms with Gasteiger partial charge in [0.2, 0.25) is 0 Å². The van der Waals surface area contributed by atoms with Crippen molar-refractivity contribution < 1.29 is 9.47 Å². The van der Waals surface area contributed by atoms with Crippen LogP contribution in [0.3, 0.4) is 0 Å². The van der Waals surface area contributed by atoms with Gasteiger partial charge in [-0.05, 0) is 29.8 Å². The third-order valence-electron chi connectivity index (χ3n) is 4.29. The van der Waals surface area contributed by atoms with E-state index in [4.69, 9.17) is 9.47 Å². The summed E-state index contributed by atoms with van der Waals surface area (Å²) in [5.74, 6) is 0.842. The lowest BCUT2D eigenvalue weighted by molar-refractivity contribution is 0.110. The van der Waals surface area contributed by atoms with Crippen LogP contribution in [-0.2, 0) is 11.3 Å². The normalized spacial score (nSPS) is 17.0. The number of hydrogen-bond acceptors (Lipinski definition) is 5. The van der Waals surface area contributed by atoms with Gasteiger partial charge in [0.25, 0.3) is 0 Å². The largest absolute Gasteiger partial charge is 0.497 e. The lowest BCUT2D eigenvalue weighted by atomic mass is 10.2. The predicted octanol–water partition coefficient (Wildman–Crippen LogP) is 2.87. The van der Waals surface area contributed by atoms with Crippen LogP contribution < -0.4 is 9.64 Å². The highest BCUT2D eigenvalue weighted by molar-refractivity contribution is 5.50. The van der Waals surface area contributed by atoms with Gasteiger partial charge in [0.05, 0.1) is 26.5 Å². The summed E-state index contributed by atoms with van der Waals surface area (Å²) in [4.78, 5) is 2.19. The van der Waals surface area contributed by atoms with Crippen LogP contribution in [0.25, 0.3) is 0 Å². The van der Waals surface area contributed by atoms with Crippen molar-refractivity contribution in [2.75, 3.05) is 25.2 Å². The SMILES string of the molecule is COc1ccc(N2CCO[C@H]2c2cn(Cc3ccccc3)nn2)cc1. The van der Waals surface area contributed by atoms with Crippen molar-refractivity contribution in [3.63, 3.8) is 0 Å². The minimum atomic E-state index is -0.210. The fraction of sp³-hybridized carbons (Fsp3) is 0.263. The monoisotopic (exact) mass is 336 g/mol. The molecule has 0 amide bonds. The molecular formula is C19H20N4O2. The molecule has 2 heterocycles. The third kappa shape index (κ3) is 3.34. The van der Waals surface area contributed by atoms with E-state index in [1.807, 2.05) is 53.3 Å². The number of rotatable bonds is 5. The Kier molecular flexibility index (Phi) is 4.35. The Labute approximate surface area is 146 Å². The summed E-state index contributed by atoms with van der Waals surface area (Å²) in [7, 11) is 1.67. The molecule has 0 spiro atoms. The van der Waals surface area contributed by atoms with E-state index in [0.717, 1.165) is 23.7 Å². The van der Waals surface area contributed by atoms with Crippen molar-refractivity contribution in [3.8, 4) is 5.75 Å². The lowest BCUT2D eigenvalue weighted by Crippen LogP contribution is -2.23. The fourth-order valence-corrected chi connectivity index (χ4v) is 3.03. The third-order valence-corrected chi connectivity index (χ3v) is 4.29. The number of hydrogen-bond donors (Lipinski definition) is 0. The maximum absolute atomic E-state index is 5.90. The Balaban J connectivity index is 1.52. The van der Waals surface area contributed by atoms with Crippen LogP contribution in [0.4, 0.5) is 5.69 Å². The topological polar surface area (TPSA) is 52.4 Å². The van der Waals surface area contributed by atoms with E-state index < -0.39 is 0 Å². The Morgan fingerprint density at radius 2 is 1.92 bits per heavy atom. The second-order valence-corrected chi connectivity index (χ2v) is 5.94. The zero-order valence-corrected chi connectivity index (χ0v) is 14.1. The molecule has 0 saturated carbocycles. The van der Waals surface area contributed by atoms with Crippen LogP contribution in [0.5, 0.6) is 5.75 Å². The van der Waals surface area contributed by atoms with E-state index in [1.54, 1.807) is 7.11 Å². The van der Waals surface area contributed by atoms with Crippen LogP contribution in [0, 0.1) is 0 Å². The number of ether oxygens (including phenoxy) is 2. The van der Waals surface area contributed by atoms with Crippen LogP contribution in [0.15, 0.2) is 60.8 Å². The molecule has 2 aromatic carbocycles. The predicted molar refractivity (Wildman–Crippen MR) is 94.6 cm³/mol. The van der Waals surface area contributed by atoms with Gasteiger partial charge in [-0.2, -0.15) is 0 Å². The van der Waals surface area contributed by atoms with E-state index >= 15 is 0 Å². The molecule has 0 radical (unpaired) electrons. The van der Waals surface area contributed by atoms with Gasteiger partial charge in [-0.3, -0.25) is 0 Å². The smallest absolute Gasteiger partial charge is 0.177 e. The first-order valence-electron chi connectivity index (χ1n) is 8.30. The minimum absolute atomic E-state index is 0.210. The average Bonchev–Trinajstić information content (AvgIpc) is 3.32. The second-order valence-electron chi connectivity index (χ2n) is 5.94. The van der Waals surface area contributed by atoms with Crippen molar-refractivity contribution >= 4 is 5.69 Å². The Morgan fingerprint density at radius 1 is 1.12 bits per heavy atom. The fourth-order valence-electron chi connectivity index (χ4n) is 3.03. The molecule has 1 saturated heterocycles. The zero-order valence-electron chi connectivity index (χ0n) is 14.1. The average molecular weight is 336 g/mol. The molecule has 1 aliphatic rings. The van der Waals surface area contributed by atoms with Crippen molar-refractivity contribution in [1.29, 1.82) is 0 Å². The molecule has 0 aliphatic carbocycles. The molecule has 25 heavy (non-hydrogen) atoms. The highest BCUT2D eigenvalue weighted by Gasteiger charge is 2.29. The number of methoxy groups -OCH3 is 1. The summed E-state index contributed by atoms with van der Waals surface area (Å²) >= 11 is 0. The molecule has 0 N–H and O–H groups in total. The first-order valence-corrected chi connectivity index (χ1v) is 8.30. The van der Waals surface area contributed by atoms with E-state index in [1.165, 1.54) is 5.56 Å². The van der Waals surface area contributed by atoms with Crippen molar-refractivity contribution in [2.45, 2.75) is 12.8 Å². The van der Waals surface area contributed by atoms with Crippen LogP contribution in [-0.4, -0.2) is 35.3 Å². The van der Waals surface area contributed by atoms with Gasteiger partial charge in [-0.15, -0.1) is 5.10 Å². The Bertz CT molecular complexity index is 817. The Morgan fingerprint density at radius 3 is 2.68 bits per heavy atom. The van der Waals surface area contributed by atoms with Crippen molar-refractivity contribution in [1.82, 2.24) is 15.0 Å².